The van der Waals surface area contributed by atoms with Gasteiger partial charge in [-0.1, -0.05) is 11.8 Å². The van der Waals surface area contributed by atoms with Crippen LogP contribution in [0.3, 0.4) is 0 Å². The molecule has 0 spiro atoms. The fourth-order valence-electron chi connectivity index (χ4n) is 1.06. The zero-order chi connectivity index (χ0) is 12.0. The lowest BCUT2D eigenvalue weighted by atomic mass is 10.1. The van der Waals surface area contributed by atoms with E-state index in [2.05, 4.69) is 24.5 Å². The summed E-state index contributed by atoms with van der Waals surface area (Å²) < 4.78 is 0. The van der Waals surface area contributed by atoms with E-state index in [1.54, 1.807) is 0 Å². The maximum Gasteiger partial charge on any atom is 0.270 e. The predicted molar refractivity (Wildman–Crippen MR) is 63.2 cm³/mol. The molecule has 5 heteroatoms. The van der Waals surface area contributed by atoms with Crippen molar-refractivity contribution in [3.63, 3.8) is 0 Å². The molecule has 0 atom stereocenters. The van der Waals surface area contributed by atoms with Crippen LogP contribution in [-0.4, -0.2) is 10.7 Å². The van der Waals surface area contributed by atoms with Gasteiger partial charge in [0, 0.05) is 29.9 Å². The first kappa shape index (κ1) is 12.1. The third kappa shape index (κ3) is 3.01. The Balaban J connectivity index is 3.10. The zero-order valence-corrected chi connectivity index (χ0v) is 9.20. The lowest BCUT2D eigenvalue weighted by Gasteiger charge is -1.95. The van der Waals surface area contributed by atoms with Crippen LogP contribution >= 0.6 is 12.6 Å². The Morgan fingerprint density at radius 2 is 2.19 bits per heavy atom. The number of benzene rings is 1. The van der Waals surface area contributed by atoms with Gasteiger partial charge in [-0.15, -0.1) is 0 Å². The number of nitrogens with zero attached hydrogens (tertiary/aromatic N) is 2. The molecule has 0 N–H and O–H groups in total. The van der Waals surface area contributed by atoms with Crippen molar-refractivity contribution >= 4 is 18.3 Å². The van der Waals surface area contributed by atoms with Crippen LogP contribution in [0.1, 0.15) is 17.5 Å². The highest BCUT2D eigenvalue weighted by Crippen LogP contribution is 2.16. The third-order valence-corrected chi connectivity index (χ3v) is 2.02. The van der Waals surface area contributed by atoms with Crippen LogP contribution in [0.5, 0.6) is 0 Å². The van der Waals surface area contributed by atoms with Gasteiger partial charge in [-0.2, -0.15) is 17.9 Å². The fourth-order valence-corrected chi connectivity index (χ4v) is 1.17. The van der Waals surface area contributed by atoms with E-state index in [0.29, 0.717) is 17.7 Å². The molecule has 0 saturated carbocycles. The summed E-state index contributed by atoms with van der Waals surface area (Å²) in [7, 11) is 0. The quantitative estimate of drug-likeness (QED) is 0.367. The van der Waals surface area contributed by atoms with Gasteiger partial charge in [0.2, 0.25) is 0 Å². The molecule has 0 unspecified atom stereocenters. The van der Waals surface area contributed by atoms with Gasteiger partial charge in [0.1, 0.15) is 6.07 Å². The van der Waals surface area contributed by atoms with Gasteiger partial charge in [0.15, 0.2) is 0 Å². The molecular weight excluding hydrogens is 224 g/mol. The Labute approximate surface area is 98.5 Å². The monoisotopic (exact) mass is 232 g/mol. The van der Waals surface area contributed by atoms with Crippen LogP contribution in [0, 0.1) is 33.3 Å². The first-order valence-electron chi connectivity index (χ1n) is 4.47. The molecule has 0 saturated heterocycles. The molecule has 80 valence electrons. The molecule has 0 aliphatic carbocycles. The fraction of sp³-hybridized carbons (Fsp3) is 0.182. The normalized spacial score (nSPS) is 8.75. The molecule has 4 nitrogen and oxygen atoms in total. The summed E-state index contributed by atoms with van der Waals surface area (Å²) in [5.74, 6) is 6.26. The second kappa shape index (κ2) is 5.79. The summed E-state index contributed by atoms with van der Waals surface area (Å²) in [6, 6.07) is 5.95. The maximum absolute atomic E-state index is 10.5. The van der Waals surface area contributed by atoms with Crippen molar-refractivity contribution in [2.24, 2.45) is 0 Å². The molecule has 0 amide bonds. The van der Waals surface area contributed by atoms with Crippen LogP contribution in [0.25, 0.3) is 0 Å². The van der Waals surface area contributed by atoms with Crippen molar-refractivity contribution in [2.75, 3.05) is 5.75 Å². The van der Waals surface area contributed by atoms with E-state index in [0.717, 1.165) is 0 Å². The summed E-state index contributed by atoms with van der Waals surface area (Å²) in [4.78, 5) is 9.95. The van der Waals surface area contributed by atoms with Crippen LogP contribution < -0.4 is 0 Å². The largest absolute Gasteiger partial charge is 0.270 e. The Morgan fingerprint density at radius 1 is 1.44 bits per heavy atom. The lowest BCUT2D eigenvalue weighted by Crippen LogP contribution is -1.91. The number of rotatable bonds is 2. The number of non-ortho nitro benzene ring substituents is 1. The van der Waals surface area contributed by atoms with Crippen LogP contribution in [-0.2, 0) is 0 Å². The van der Waals surface area contributed by atoms with Crippen molar-refractivity contribution in [2.45, 2.75) is 6.42 Å². The molecule has 0 aromatic heterocycles. The summed E-state index contributed by atoms with van der Waals surface area (Å²) in [6.07, 6.45) is 0.616. The average molecular weight is 232 g/mol. The Hall–Kier alpha value is -1.98. The summed E-state index contributed by atoms with van der Waals surface area (Å²) in [5, 5.41) is 19.3. The number of nitro groups is 1. The van der Waals surface area contributed by atoms with Crippen LogP contribution in [0.15, 0.2) is 18.2 Å². The van der Waals surface area contributed by atoms with Crippen molar-refractivity contribution in [3.8, 4) is 17.9 Å². The molecule has 16 heavy (non-hydrogen) atoms. The maximum atomic E-state index is 10.5. The average Bonchev–Trinajstić information content (AvgIpc) is 2.29. The molecule has 0 radical (unpaired) electrons. The molecule has 0 bridgehead atoms. The van der Waals surface area contributed by atoms with E-state index in [4.69, 9.17) is 5.26 Å². The number of nitro benzene ring substituents is 1. The predicted octanol–water partition coefficient (Wildman–Crippen LogP) is 2.14. The number of nitriles is 1. The van der Waals surface area contributed by atoms with E-state index in [1.165, 1.54) is 18.2 Å². The smallest absolute Gasteiger partial charge is 0.258 e. The van der Waals surface area contributed by atoms with E-state index >= 15 is 0 Å². The van der Waals surface area contributed by atoms with Gasteiger partial charge in [0.05, 0.1) is 10.5 Å². The van der Waals surface area contributed by atoms with Crippen molar-refractivity contribution < 1.29 is 4.92 Å². The van der Waals surface area contributed by atoms with Gasteiger partial charge in [-0.25, -0.2) is 0 Å². The van der Waals surface area contributed by atoms with Crippen molar-refractivity contribution in [3.05, 3.63) is 39.4 Å². The summed E-state index contributed by atoms with van der Waals surface area (Å²) in [5.41, 5.74) is 0.632. The molecule has 0 aliphatic rings. The summed E-state index contributed by atoms with van der Waals surface area (Å²) in [6.45, 7) is 0. The van der Waals surface area contributed by atoms with Gasteiger partial charge in [0.25, 0.3) is 5.69 Å². The molecule has 1 rings (SSSR count). The minimum absolute atomic E-state index is 0.101. The van der Waals surface area contributed by atoms with Gasteiger partial charge in [-0.3, -0.25) is 10.1 Å². The van der Waals surface area contributed by atoms with Crippen LogP contribution in [0.2, 0.25) is 0 Å². The second-order valence-electron chi connectivity index (χ2n) is 2.87. The topological polar surface area (TPSA) is 66.9 Å². The van der Waals surface area contributed by atoms with E-state index < -0.39 is 4.92 Å². The Bertz CT molecular complexity index is 509. The number of hydrogen-bond acceptors (Lipinski definition) is 4. The molecular formula is C11H8N2O2S. The first-order chi connectivity index (χ1) is 7.69. The standard InChI is InChI=1S/C11H8N2O2S/c12-8-10-7-11(13(14)15)5-4-9(10)3-1-2-6-16/h4-5,7,16H,2,6H2. The molecule has 0 aliphatic heterocycles. The summed E-state index contributed by atoms with van der Waals surface area (Å²) >= 11 is 4.00. The second-order valence-corrected chi connectivity index (χ2v) is 3.32. The molecule has 1 aromatic rings. The highest BCUT2D eigenvalue weighted by molar-refractivity contribution is 7.80. The lowest BCUT2D eigenvalue weighted by molar-refractivity contribution is -0.384. The van der Waals surface area contributed by atoms with E-state index in [1.807, 2.05) is 6.07 Å². The number of hydrogen-bond donors (Lipinski definition) is 1. The first-order valence-corrected chi connectivity index (χ1v) is 5.10. The van der Waals surface area contributed by atoms with E-state index in [9.17, 15) is 10.1 Å². The molecule has 0 heterocycles. The van der Waals surface area contributed by atoms with Crippen LogP contribution in [0.4, 0.5) is 5.69 Å². The zero-order valence-electron chi connectivity index (χ0n) is 8.30. The van der Waals surface area contributed by atoms with Crippen molar-refractivity contribution in [1.29, 1.82) is 5.26 Å². The van der Waals surface area contributed by atoms with Crippen molar-refractivity contribution in [1.82, 2.24) is 0 Å². The van der Waals surface area contributed by atoms with Gasteiger partial charge >= 0.3 is 0 Å². The SMILES string of the molecule is N#Cc1cc([N+](=O)[O-])ccc1C#CCCS. The van der Waals surface area contributed by atoms with Gasteiger partial charge in [-0.05, 0) is 6.07 Å². The third-order valence-electron chi connectivity index (χ3n) is 1.79. The Morgan fingerprint density at radius 3 is 2.75 bits per heavy atom. The van der Waals surface area contributed by atoms with E-state index in [-0.39, 0.29) is 11.3 Å². The minimum atomic E-state index is -0.536. The molecule has 1 aromatic carbocycles. The minimum Gasteiger partial charge on any atom is -0.258 e. The highest BCUT2D eigenvalue weighted by Gasteiger charge is 2.08. The molecule has 0 fully saturated rings. The number of thiol groups is 1. The Kier molecular flexibility index (Phi) is 4.38. The highest BCUT2D eigenvalue weighted by atomic mass is 32.1. The van der Waals surface area contributed by atoms with Gasteiger partial charge < -0.3 is 0 Å².